The highest BCUT2D eigenvalue weighted by Crippen LogP contribution is 2.39. The molecular weight excluding hydrogens is 274 g/mol. The van der Waals surface area contributed by atoms with Gasteiger partial charge in [-0.05, 0) is 18.7 Å². The molecule has 0 saturated heterocycles. The van der Waals surface area contributed by atoms with Crippen molar-refractivity contribution in [3.05, 3.63) is 28.8 Å². The van der Waals surface area contributed by atoms with E-state index in [1.807, 2.05) is 0 Å². The van der Waals surface area contributed by atoms with Crippen LogP contribution in [-0.2, 0) is 0 Å². The summed E-state index contributed by atoms with van der Waals surface area (Å²) in [4.78, 5) is 26.2. The molecule has 3 rings (SSSR count). The molecule has 0 amide bonds. The summed E-state index contributed by atoms with van der Waals surface area (Å²) < 4.78 is 1.68. The second kappa shape index (κ2) is 4.90. The lowest BCUT2D eigenvalue weighted by Crippen LogP contribution is -2.17. The Morgan fingerprint density at radius 2 is 2.33 bits per heavy atom. The zero-order valence-electron chi connectivity index (χ0n) is 11.2. The van der Waals surface area contributed by atoms with Crippen molar-refractivity contribution in [3.8, 4) is 0 Å². The molecule has 2 aromatic rings. The van der Waals surface area contributed by atoms with Crippen molar-refractivity contribution in [3.63, 3.8) is 0 Å². The van der Waals surface area contributed by atoms with E-state index < -0.39 is 11.7 Å². The Balaban J connectivity index is 2.14. The van der Waals surface area contributed by atoms with Crippen LogP contribution in [0, 0.1) is 5.92 Å². The number of nitrogens with one attached hydrogen (secondary N) is 1. The van der Waals surface area contributed by atoms with E-state index in [4.69, 9.17) is 0 Å². The van der Waals surface area contributed by atoms with Gasteiger partial charge in [0.05, 0.1) is 25.1 Å². The van der Waals surface area contributed by atoms with Crippen molar-refractivity contribution < 1.29 is 10.2 Å². The molecule has 0 radical (unpaired) electrons. The normalized spacial score (nSPS) is 25.6. The zero-order chi connectivity index (χ0) is 15.1. The van der Waals surface area contributed by atoms with Gasteiger partial charge in [-0.15, -0.1) is 0 Å². The Kier molecular flexibility index (Phi) is 3.19. The quantitative estimate of drug-likeness (QED) is 0.540. The molecule has 0 spiro atoms. The molecule has 1 saturated carbocycles. The third-order valence-corrected chi connectivity index (χ3v) is 3.94. The highest BCUT2D eigenvalue weighted by Gasteiger charge is 2.37. The van der Waals surface area contributed by atoms with Crippen LogP contribution in [-0.4, -0.2) is 49.2 Å². The minimum absolute atomic E-state index is 0.108. The molecule has 8 heteroatoms. The second-order valence-corrected chi connectivity index (χ2v) is 5.05. The highest BCUT2D eigenvalue weighted by atomic mass is 16.3. The molecule has 2 heterocycles. The van der Waals surface area contributed by atoms with Crippen LogP contribution >= 0.6 is 0 Å². The van der Waals surface area contributed by atoms with Gasteiger partial charge in [0, 0.05) is 5.92 Å². The Morgan fingerprint density at radius 3 is 2.95 bits per heavy atom. The Hall–Kier alpha value is -2.32. The summed E-state index contributed by atoms with van der Waals surface area (Å²) in [5.74, 6) is -0.274. The van der Waals surface area contributed by atoms with Crippen molar-refractivity contribution >= 4 is 23.8 Å². The van der Waals surface area contributed by atoms with Crippen molar-refractivity contribution in [1.29, 1.82) is 0 Å². The van der Waals surface area contributed by atoms with Crippen LogP contribution in [0.15, 0.2) is 28.3 Å². The van der Waals surface area contributed by atoms with Crippen LogP contribution < -0.4 is 5.56 Å². The summed E-state index contributed by atoms with van der Waals surface area (Å²) in [6.45, 7) is 7.12. The summed E-state index contributed by atoms with van der Waals surface area (Å²) in [7, 11) is 0. The molecule has 0 unspecified atom stereocenters. The summed E-state index contributed by atoms with van der Waals surface area (Å²) >= 11 is 0. The molecule has 8 nitrogen and oxygen atoms in total. The number of aliphatic hydroxyl groups excluding tert-OH is 2. The van der Waals surface area contributed by atoms with Gasteiger partial charge in [0.25, 0.3) is 5.56 Å². The van der Waals surface area contributed by atoms with Crippen molar-refractivity contribution in [2.45, 2.75) is 18.6 Å². The summed E-state index contributed by atoms with van der Waals surface area (Å²) in [6, 6.07) is -0.269. The maximum absolute atomic E-state index is 11.9. The van der Waals surface area contributed by atoms with E-state index in [1.54, 1.807) is 4.57 Å². The fourth-order valence-electron chi connectivity index (χ4n) is 2.79. The SMILES string of the molecule is C=Nc1nc2c(ncn2[C@H]2C[C@H](O)[C@@H](CO)C2=C)c(=O)[nH]1. The van der Waals surface area contributed by atoms with E-state index >= 15 is 0 Å². The molecule has 1 fully saturated rings. The number of aliphatic hydroxyl groups is 2. The number of H-pyrrole nitrogens is 1. The number of aromatic amines is 1. The fraction of sp³-hybridized carbons (Fsp3) is 0.385. The molecule has 110 valence electrons. The van der Waals surface area contributed by atoms with E-state index in [0.717, 1.165) is 0 Å². The van der Waals surface area contributed by atoms with Gasteiger partial charge in [0.2, 0.25) is 5.95 Å². The van der Waals surface area contributed by atoms with Gasteiger partial charge >= 0.3 is 0 Å². The number of nitrogens with zero attached hydrogens (tertiary/aromatic N) is 4. The molecule has 1 aliphatic carbocycles. The summed E-state index contributed by atoms with van der Waals surface area (Å²) in [5.41, 5.74) is 0.846. The Labute approximate surface area is 119 Å². The first-order valence-corrected chi connectivity index (χ1v) is 6.48. The van der Waals surface area contributed by atoms with E-state index in [0.29, 0.717) is 17.6 Å². The largest absolute Gasteiger partial charge is 0.396 e. The van der Waals surface area contributed by atoms with Crippen LogP contribution in [0.5, 0.6) is 0 Å². The number of hydrogen-bond acceptors (Lipinski definition) is 6. The van der Waals surface area contributed by atoms with Crippen molar-refractivity contribution in [2.75, 3.05) is 6.61 Å². The average molecular weight is 289 g/mol. The van der Waals surface area contributed by atoms with Crippen LogP contribution in [0.4, 0.5) is 5.95 Å². The van der Waals surface area contributed by atoms with Crippen LogP contribution in [0.2, 0.25) is 0 Å². The van der Waals surface area contributed by atoms with Crippen LogP contribution in [0.25, 0.3) is 11.2 Å². The van der Waals surface area contributed by atoms with E-state index in [2.05, 4.69) is 33.2 Å². The van der Waals surface area contributed by atoms with Gasteiger partial charge in [0.1, 0.15) is 0 Å². The predicted octanol–water partition coefficient (Wildman–Crippen LogP) is -0.0779. The molecule has 0 aliphatic heterocycles. The minimum atomic E-state index is -0.677. The lowest BCUT2D eigenvalue weighted by atomic mass is 10.0. The minimum Gasteiger partial charge on any atom is -0.396 e. The number of aromatic nitrogens is 4. The molecule has 0 aromatic carbocycles. The number of hydrogen-bond donors (Lipinski definition) is 3. The predicted molar refractivity (Wildman–Crippen MR) is 76.7 cm³/mol. The third-order valence-electron chi connectivity index (χ3n) is 3.94. The number of rotatable bonds is 3. The van der Waals surface area contributed by atoms with E-state index in [9.17, 15) is 15.0 Å². The lowest BCUT2D eigenvalue weighted by molar-refractivity contribution is 0.101. The molecule has 3 N–H and O–H groups in total. The first kappa shape index (κ1) is 13.7. The van der Waals surface area contributed by atoms with Gasteiger partial charge in [-0.3, -0.25) is 9.78 Å². The standard InChI is InChI=1S/C13H15N5O3/c1-6-7(4-19)9(20)3-8(6)18-5-15-10-11(18)16-13(14-2)17-12(10)21/h5,7-9,19-20H,1-4H2,(H,16,17,21)/t7-,8-,9-/m0/s1. The first-order chi connectivity index (χ1) is 10.1. The molecular formula is C13H15N5O3. The average Bonchev–Trinajstić information content (AvgIpc) is 3.00. The smallest absolute Gasteiger partial charge is 0.280 e. The van der Waals surface area contributed by atoms with Gasteiger partial charge in [-0.2, -0.15) is 4.98 Å². The number of imidazole rings is 1. The fourth-order valence-corrected chi connectivity index (χ4v) is 2.79. The monoisotopic (exact) mass is 289 g/mol. The topological polar surface area (TPSA) is 116 Å². The zero-order valence-corrected chi connectivity index (χ0v) is 11.2. The Bertz CT molecular complexity index is 778. The van der Waals surface area contributed by atoms with Crippen LogP contribution in [0.1, 0.15) is 12.5 Å². The third kappa shape index (κ3) is 1.99. The highest BCUT2D eigenvalue weighted by molar-refractivity contribution is 5.71. The maximum atomic E-state index is 11.9. The van der Waals surface area contributed by atoms with Crippen molar-refractivity contribution in [1.82, 2.24) is 19.5 Å². The van der Waals surface area contributed by atoms with E-state index in [-0.39, 0.29) is 30.0 Å². The maximum Gasteiger partial charge on any atom is 0.280 e. The molecule has 21 heavy (non-hydrogen) atoms. The van der Waals surface area contributed by atoms with Gasteiger partial charge < -0.3 is 14.8 Å². The molecule has 0 bridgehead atoms. The first-order valence-electron chi connectivity index (χ1n) is 6.48. The lowest BCUT2D eigenvalue weighted by Gasteiger charge is -2.15. The summed E-state index contributed by atoms with van der Waals surface area (Å²) in [5, 5.41) is 19.3. The van der Waals surface area contributed by atoms with Gasteiger partial charge in [-0.25, -0.2) is 9.98 Å². The number of aliphatic imine (C=N–C) groups is 1. The number of fused-ring (bicyclic) bond motifs is 1. The van der Waals surface area contributed by atoms with E-state index in [1.165, 1.54) is 6.33 Å². The molecule has 2 aromatic heterocycles. The molecule has 1 aliphatic rings. The molecule has 3 atom stereocenters. The van der Waals surface area contributed by atoms with Crippen LogP contribution in [0.3, 0.4) is 0 Å². The van der Waals surface area contributed by atoms with Crippen molar-refractivity contribution in [2.24, 2.45) is 10.9 Å². The second-order valence-electron chi connectivity index (χ2n) is 5.05. The summed E-state index contributed by atoms with van der Waals surface area (Å²) in [6.07, 6.45) is 1.20. The Morgan fingerprint density at radius 1 is 1.57 bits per heavy atom. The van der Waals surface area contributed by atoms with Gasteiger partial charge in [-0.1, -0.05) is 6.58 Å². The van der Waals surface area contributed by atoms with Gasteiger partial charge in [0.15, 0.2) is 11.2 Å².